The molecule has 1 unspecified atom stereocenters. The molecule has 17 heavy (non-hydrogen) atoms. The summed E-state index contributed by atoms with van der Waals surface area (Å²) in [5.74, 6) is 0.155. The third kappa shape index (κ3) is 4.28. The molecule has 100 valence electrons. The fourth-order valence-electron chi connectivity index (χ4n) is 2.07. The lowest BCUT2D eigenvalue weighted by molar-refractivity contribution is -0.126. The van der Waals surface area contributed by atoms with E-state index in [4.69, 9.17) is 0 Å². The molecule has 0 aliphatic carbocycles. The molecule has 0 spiro atoms. The highest BCUT2D eigenvalue weighted by Gasteiger charge is 2.35. The number of hydrogen-bond donors (Lipinski definition) is 2. The number of rotatable bonds is 6. The van der Waals surface area contributed by atoms with Crippen LogP contribution in [-0.2, 0) is 4.79 Å². The smallest absolute Gasteiger partial charge is 0.240 e. The number of carbonyl (C=O) groups excluding carboxylic acids is 1. The third-order valence-electron chi connectivity index (χ3n) is 3.72. The number of nitrogens with zero attached hydrogens (tertiary/aromatic N) is 1. The molecule has 1 amide bonds. The van der Waals surface area contributed by atoms with E-state index >= 15 is 0 Å². The van der Waals surface area contributed by atoms with Gasteiger partial charge in [0.1, 0.15) is 0 Å². The van der Waals surface area contributed by atoms with Gasteiger partial charge in [0, 0.05) is 12.6 Å². The van der Waals surface area contributed by atoms with Crippen molar-refractivity contribution in [1.82, 2.24) is 15.5 Å². The summed E-state index contributed by atoms with van der Waals surface area (Å²) in [5.41, 5.74) is -0.329. The van der Waals surface area contributed by atoms with Crippen LogP contribution in [0.15, 0.2) is 0 Å². The van der Waals surface area contributed by atoms with Crippen LogP contribution in [0.3, 0.4) is 0 Å². The second-order valence-corrected chi connectivity index (χ2v) is 5.55. The summed E-state index contributed by atoms with van der Waals surface area (Å²) in [6.45, 7) is 9.12. The van der Waals surface area contributed by atoms with Gasteiger partial charge in [-0.2, -0.15) is 0 Å². The zero-order chi connectivity index (χ0) is 12.9. The Kier molecular flexibility index (Phi) is 5.40. The fraction of sp³-hybridized carbons (Fsp3) is 0.923. The lowest BCUT2D eigenvalue weighted by Gasteiger charge is -2.24. The molecule has 1 fully saturated rings. The molecule has 4 heteroatoms. The Morgan fingerprint density at radius 1 is 1.53 bits per heavy atom. The first-order valence-corrected chi connectivity index (χ1v) is 6.69. The number of carbonyl (C=O) groups is 1. The summed E-state index contributed by atoms with van der Waals surface area (Å²) in [7, 11) is 2.12. The molecule has 1 aliphatic rings. The first-order valence-electron chi connectivity index (χ1n) is 6.69. The van der Waals surface area contributed by atoms with Crippen LogP contribution in [0, 0.1) is 0 Å². The molecule has 1 rings (SSSR count). The molecule has 1 atom stereocenters. The first-order chi connectivity index (χ1) is 7.96. The minimum absolute atomic E-state index is 0.155. The average molecular weight is 241 g/mol. The van der Waals surface area contributed by atoms with Crippen LogP contribution >= 0.6 is 0 Å². The zero-order valence-corrected chi connectivity index (χ0v) is 11.7. The highest BCUT2D eigenvalue weighted by molar-refractivity contribution is 5.86. The molecule has 0 bridgehead atoms. The van der Waals surface area contributed by atoms with E-state index in [9.17, 15) is 4.79 Å². The molecular formula is C13H27N3O. The van der Waals surface area contributed by atoms with Crippen LogP contribution in [0.4, 0.5) is 0 Å². The standard InChI is InChI=1S/C13H27N3O/c1-11(2)16(4)10-6-8-14-12(17)13(3)7-5-9-15-13/h11,15H,5-10H2,1-4H3,(H,14,17). The van der Waals surface area contributed by atoms with E-state index < -0.39 is 0 Å². The van der Waals surface area contributed by atoms with Crippen molar-refractivity contribution in [3.63, 3.8) is 0 Å². The van der Waals surface area contributed by atoms with Crippen molar-refractivity contribution in [2.45, 2.75) is 51.6 Å². The molecule has 4 nitrogen and oxygen atoms in total. The highest BCUT2D eigenvalue weighted by atomic mass is 16.2. The van der Waals surface area contributed by atoms with Gasteiger partial charge in [-0.3, -0.25) is 4.79 Å². The molecule has 0 saturated carbocycles. The van der Waals surface area contributed by atoms with Crippen LogP contribution in [0.5, 0.6) is 0 Å². The van der Waals surface area contributed by atoms with Crippen LogP contribution in [0.2, 0.25) is 0 Å². The lowest BCUT2D eigenvalue weighted by atomic mass is 9.99. The molecule has 0 aromatic rings. The van der Waals surface area contributed by atoms with Crippen molar-refractivity contribution in [2.24, 2.45) is 0 Å². The second-order valence-electron chi connectivity index (χ2n) is 5.55. The van der Waals surface area contributed by atoms with Gasteiger partial charge in [0.15, 0.2) is 0 Å². The van der Waals surface area contributed by atoms with Crippen molar-refractivity contribution < 1.29 is 4.79 Å². The Morgan fingerprint density at radius 3 is 2.76 bits per heavy atom. The minimum Gasteiger partial charge on any atom is -0.354 e. The Bertz CT molecular complexity index is 247. The molecular weight excluding hydrogens is 214 g/mol. The molecule has 1 aliphatic heterocycles. The molecule has 0 radical (unpaired) electrons. The largest absolute Gasteiger partial charge is 0.354 e. The van der Waals surface area contributed by atoms with Crippen LogP contribution in [0.25, 0.3) is 0 Å². The highest BCUT2D eigenvalue weighted by Crippen LogP contribution is 2.18. The topological polar surface area (TPSA) is 44.4 Å². The Balaban J connectivity index is 2.16. The van der Waals surface area contributed by atoms with E-state index in [0.29, 0.717) is 6.04 Å². The van der Waals surface area contributed by atoms with Crippen molar-refractivity contribution in [3.05, 3.63) is 0 Å². The zero-order valence-electron chi connectivity index (χ0n) is 11.7. The second kappa shape index (κ2) is 6.36. The first kappa shape index (κ1) is 14.5. The van der Waals surface area contributed by atoms with E-state index in [2.05, 4.69) is 36.4 Å². The third-order valence-corrected chi connectivity index (χ3v) is 3.72. The molecule has 1 saturated heterocycles. The summed E-state index contributed by atoms with van der Waals surface area (Å²) in [4.78, 5) is 14.3. The quantitative estimate of drug-likeness (QED) is 0.681. The normalized spacial score (nSPS) is 24.6. The van der Waals surface area contributed by atoms with Gasteiger partial charge in [-0.25, -0.2) is 0 Å². The fourth-order valence-corrected chi connectivity index (χ4v) is 2.07. The van der Waals surface area contributed by atoms with Crippen molar-refractivity contribution in [3.8, 4) is 0 Å². The summed E-state index contributed by atoms with van der Waals surface area (Å²) in [6.07, 6.45) is 3.06. The van der Waals surface area contributed by atoms with Crippen molar-refractivity contribution >= 4 is 5.91 Å². The van der Waals surface area contributed by atoms with E-state index in [0.717, 1.165) is 38.9 Å². The maximum atomic E-state index is 12.0. The Labute approximate surface area is 105 Å². The molecule has 1 heterocycles. The molecule has 0 aromatic carbocycles. The SMILES string of the molecule is CC(C)N(C)CCCNC(=O)C1(C)CCCN1. The van der Waals surface area contributed by atoms with Gasteiger partial charge in [0.25, 0.3) is 0 Å². The van der Waals surface area contributed by atoms with Gasteiger partial charge in [0.05, 0.1) is 5.54 Å². The summed E-state index contributed by atoms with van der Waals surface area (Å²) < 4.78 is 0. The van der Waals surface area contributed by atoms with Crippen molar-refractivity contribution in [1.29, 1.82) is 0 Å². The predicted octanol–water partition coefficient (Wildman–Crippen LogP) is 0.975. The van der Waals surface area contributed by atoms with Gasteiger partial charge >= 0.3 is 0 Å². The van der Waals surface area contributed by atoms with E-state index in [1.807, 2.05) is 6.92 Å². The molecule has 0 aromatic heterocycles. The summed E-state index contributed by atoms with van der Waals surface area (Å²) in [5, 5.41) is 6.31. The van der Waals surface area contributed by atoms with Gasteiger partial charge in [-0.15, -0.1) is 0 Å². The van der Waals surface area contributed by atoms with Gasteiger partial charge in [-0.1, -0.05) is 0 Å². The predicted molar refractivity (Wildman–Crippen MR) is 71.0 cm³/mol. The number of hydrogen-bond acceptors (Lipinski definition) is 3. The number of amides is 1. The van der Waals surface area contributed by atoms with Crippen LogP contribution in [0.1, 0.15) is 40.0 Å². The van der Waals surface area contributed by atoms with Crippen LogP contribution < -0.4 is 10.6 Å². The van der Waals surface area contributed by atoms with E-state index in [1.165, 1.54) is 0 Å². The Morgan fingerprint density at radius 2 is 2.24 bits per heavy atom. The van der Waals surface area contributed by atoms with Crippen molar-refractivity contribution in [2.75, 3.05) is 26.7 Å². The average Bonchev–Trinajstić information content (AvgIpc) is 2.72. The monoisotopic (exact) mass is 241 g/mol. The van der Waals surface area contributed by atoms with E-state index in [-0.39, 0.29) is 11.4 Å². The maximum Gasteiger partial charge on any atom is 0.240 e. The van der Waals surface area contributed by atoms with Crippen LogP contribution in [-0.4, -0.2) is 49.1 Å². The minimum atomic E-state index is -0.329. The number of nitrogens with one attached hydrogen (secondary N) is 2. The maximum absolute atomic E-state index is 12.0. The lowest BCUT2D eigenvalue weighted by Crippen LogP contribution is -2.51. The summed E-state index contributed by atoms with van der Waals surface area (Å²) >= 11 is 0. The Hall–Kier alpha value is -0.610. The van der Waals surface area contributed by atoms with E-state index in [1.54, 1.807) is 0 Å². The van der Waals surface area contributed by atoms with Gasteiger partial charge in [0.2, 0.25) is 5.91 Å². The van der Waals surface area contributed by atoms with Gasteiger partial charge < -0.3 is 15.5 Å². The molecule has 2 N–H and O–H groups in total. The summed E-state index contributed by atoms with van der Waals surface area (Å²) in [6, 6.07) is 0.569. The van der Waals surface area contributed by atoms with Gasteiger partial charge in [-0.05, 0) is 60.2 Å².